The zero-order valence-corrected chi connectivity index (χ0v) is 8.87. The van der Waals surface area contributed by atoms with E-state index in [1.807, 2.05) is 0 Å². The van der Waals surface area contributed by atoms with Gasteiger partial charge in [0.05, 0.1) is 0 Å². The van der Waals surface area contributed by atoms with Crippen molar-refractivity contribution in [3.8, 4) is 0 Å². The van der Waals surface area contributed by atoms with Gasteiger partial charge in [-0.05, 0) is 24.7 Å². The highest BCUT2D eigenvalue weighted by atomic mass is 16.4. The van der Waals surface area contributed by atoms with E-state index in [-0.39, 0.29) is 5.41 Å². The Kier molecular flexibility index (Phi) is 2.67. The first-order valence-corrected chi connectivity index (χ1v) is 5.65. The van der Waals surface area contributed by atoms with Gasteiger partial charge in [-0.3, -0.25) is 4.79 Å². The molecule has 4 nitrogen and oxygen atoms in total. The van der Waals surface area contributed by atoms with Gasteiger partial charge in [0.1, 0.15) is 0 Å². The number of carbonyl (C=O) groups excluding carboxylic acids is 1. The Morgan fingerprint density at radius 1 is 1.07 bits per heavy atom. The molecule has 2 aliphatic rings. The molecule has 0 aromatic heterocycles. The molecule has 0 bridgehead atoms. The molecule has 1 N–H and O–H groups in total. The lowest BCUT2D eigenvalue weighted by atomic mass is 9.73. The standard InChI is InChI=1S/C11H17NO3/c13-9(10(14)15)12-7-6-11(8-12)4-2-1-3-5-11/h1-8H2,(H,14,15). The van der Waals surface area contributed by atoms with Crippen molar-refractivity contribution in [2.24, 2.45) is 5.41 Å². The van der Waals surface area contributed by atoms with Crippen molar-refractivity contribution in [3.05, 3.63) is 0 Å². The van der Waals surface area contributed by atoms with Crippen LogP contribution in [0.15, 0.2) is 0 Å². The van der Waals surface area contributed by atoms with Crippen LogP contribution in [0.3, 0.4) is 0 Å². The molecule has 15 heavy (non-hydrogen) atoms. The molecule has 0 atom stereocenters. The number of nitrogens with zero attached hydrogens (tertiary/aromatic N) is 1. The van der Waals surface area contributed by atoms with E-state index in [1.165, 1.54) is 24.2 Å². The van der Waals surface area contributed by atoms with Gasteiger partial charge in [0.2, 0.25) is 0 Å². The maximum atomic E-state index is 11.3. The molecular formula is C11H17NO3. The summed E-state index contributed by atoms with van der Waals surface area (Å²) in [6.45, 7) is 1.29. The predicted molar refractivity (Wildman–Crippen MR) is 54.4 cm³/mol. The van der Waals surface area contributed by atoms with Gasteiger partial charge < -0.3 is 10.0 Å². The van der Waals surface area contributed by atoms with Gasteiger partial charge in [-0.25, -0.2) is 4.79 Å². The Balaban J connectivity index is 1.99. The monoisotopic (exact) mass is 211 g/mol. The minimum Gasteiger partial charge on any atom is -0.474 e. The van der Waals surface area contributed by atoms with E-state index in [1.54, 1.807) is 0 Å². The number of carbonyl (C=O) groups is 2. The minimum atomic E-state index is -1.32. The molecule has 0 aromatic rings. The Hall–Kier alpha value is -1.06. The third kappa shape index (κ3) is 1.98. The Bertz CT molecular complexity index is 282. The van der Waals surface area contributed by atoms with E-state index < -0.39 is 11.9 Å². The number of aliphatic carboxylic acids is 1. The van der Waals surface area contributed by atoms with Gasteiger partial charge in [0, 0.05) is 13.1 Å². The lowest BCUT2D eigenvalue weighted by molar-refractivity contribution is -0.155. The van der Waals surface area contributed by atoms with Crippen molar-refractivity contribution >= 4 is 11.9 Å². The van der Waals surface area contributed by atoms with Crippen molar-refractivity contribution in [3.63, 3.8) is 0 Å². The molecule has 2 fully saturated rings. The average Bonchev–Trinajstić information content (AvgIpc) is 2.62. The first-order chi connectivity index (χ1) is 7.13. The highest BCUT2D eigenvalue weighted by Gasteiger charge is 2.41. The second kappa shape index (κ2) is 3.83. The summed E-state index contributed by atoms with van der Waals surface area (Å²) in [6, 6.07) is 0. The fraction of sp³-hybridized carbons (Fsp3) is 0.818. The van der Waals surface area contributed by atoms with E-state index >= 15 is 0 Å². The Labute approximate surface area is 89.3 Å². The highest BCUT2D eigenvalue weighted by molar-refractivity contribution is 6.31. The van der Waals surface area contributed by atoms with Crippen molar-refractivity contribution in [1.29, 1.82) is 0 Å². The second-order valence-electron chi connectivity index (χ2n) is 4.84. The lowest BCUT2D eigenvalue weighted by Gasteiger charge is -2.32. The first-order valence-electron chi connectivity index (χ1n) is 5.65. The first kappa shape index (κ1) is 10.5. The summed E-state index contributed by atoms with van der Waals surface area (Å²) in [4.78, 5) is 23.4. The number of carboxylic acid groups (broad SMARTS) is 1. The van der Waals surface area contributed by atoms with E-state index in [0.29, 0.717) is 13.1 Å². The van der Waals surface area contributed by atoms with Crippen LogP contribution in [-0.4, -0.2) is 35.0 Å². The highest BCUT2D eigenvalue weighted by Crippen LogP contribution is 2.43. The number of rotatable bonds is 0. The van der Waals surface area contributed by atoms with Crippen molar-refractivity contribution in [2.45, 2.75) is 38.5 Å². The number of carboxylic acids is 1. The van der Waals surface area contributed by atoms with Crippen LogP contribution in [0, 0.1) is 5.41 Å². The van der Waals surface area contributed by atoms with Gasteiger partial charge in [0.25, 0.3) is 0 Å². The number of amides is 1. The van der Waals surface area contributed by atoms with Crippen LogP contribution in [-0.2, 0) is 9.59 Å². The van der Waals surface area contributed by atoms with Crippen LogP contribution in [0.4, 0.5) is 0 Å². The summed E-state index contributed by atoms with van der Waals surface area (Å²) in [6.07, 6.45) is 7.07. The van der Waals surface area contributed by atoms with Gasteiger partial charge in [-0.15, -0.1) is 0 Å². The molecule has 0 radical (unpaired) electrons. The van der Waals surface area contributed by atoms with Crippen LogP contribution < -0.4 is 0 Å². The minimum absolute atomic E-state index is 0.253. The van der Waals surface area contributed by atoms with Crippen molar-refractivity contribution < 1.29 is 14.7 Å². The second-order valence-corrected chi connectivity index (χ2v) is 4.84. The van der Waals surface area contributed by atoms with Gasteiger partial charge >= 0.3 is 11.9 Å². The zero-order valence-electron chi connectivity index (χ0n) is 8.87. The lowest BCUT2D eigenvalue weighted by Crippen LogP contribution is -2.37. The molecule has 1 heterocycles. The summed E-state index contributed by atoms with van der Waals surface area (Å²) < 4.78 is 0. The Morgan fingerprint density at radius 2 is 1.73 bits per heavy atom. The van der Waals surface area contributed by atoms with Gasteiger partial charge in [-0.2, -0.15) is 0 Å². The summed E-state index contributed by atoms with van der Waals surface area (Å²) >= 11 is 0. The quantitative estimate of drug-likeness (QED) is 0.613. The molecule has 1 spiro atoms. The molecule has 0 unspecified atom stereocenters. The fourth-order valence-electron chi connectivity index (χ4n) is 2.95. The van der Waals surface area contributed by atoms with Crippen LogP contribution in [0.5, 0.6) is 0 Å². The summed E-state index contributed by atoms with van der Waals surface area (Å²) in [5.74, 6) is -2.04. The number of likely N-dealkylation sites (tertiary alicyclic amines) is 1. The van der Waals surface area contributed by atoms with E-state index in [0.717, 1.165) is 19.3 Å². The number of hydrogen-bond acceptors (Lipinski definition) is 2. The maximum Gasteiger partial charge on any atom is 0.394 e. The van der Waals surface area contributed by atoms with Crippen molar-refractivity contribution in [1.82, 2.24) is 4.90 Å². The molecule has 1 amide bonds. The third-order valence-electron chi connectivity index (χ3n) is 3.82. The van der Waals surface area contributed by atoms with Gasteiger partial charge in [0.15, 0.2) is 0 Å². The van der Waals surface area contributed by atoms with Crippen LogP contribution in [0.25, 0.3) is 0 Å². The Morgan fingerprint density at radius 3 is 2.33 bits per heavy atom. The van der Waals surface area contributed by atoms with Gasteiger partial charge in [-0.1, -0.05) is 19.3 Å². The molecule has 1 saturated carbocycles. The molecule has 84 valence electrons. The normalized spacial score (nSPS) is 24.4. The summed E-state index contributed by atoms with van der Waals surface area (Å²) in [5.41, 5.74) is 0.253. The molecule has 4 heteroatoms. The van der Waals surface area contributed by atoms with Crippen LogP contribution >= 0.6 is 0 Å². The van der Waals surface area contributed by atoms with E-state index in [2.05, 4.69) is 0 Å². The predicted octanol–water partition coefficient (Wildman–Crippen LogP) is 1.25. The largest absolute Gasteiger partial charge is 0.474 e. The smallest absolute Gasteiger partial charge is 0.394 e. The van der Waals surface area contributed by atoms with Crippen LogP contribution in [0.2, 0.25) is 0 Å². The SMILES string of the molecule is O=C(O)C(=O)N1CCC2(CCCCC2)C1. The third-order valence-corrected chi connectivity index (χ3v) is 3.82. The van der Waals surface area contributed by atoms with Crippen molar-refractivity contribution in [2.75, 3.05) is 13.1 Å². The van der Waals surface area contributed by atoms with Crippen LogP contribution in [0.1, 0.15) is 38.5 Å². The number of hydrogen-bond donors (Lipinski definition) is 1. The van der Waals surface area contributed by atoms with E-state index in [4.69, 9.17) is 5.11 Å². The average molecular weight is 211 g/mol. The molecular weight excluding hydrogens is 194 g/mol. The topological polar surface area (TPSA) is 57.6 Å². The van der Waals surface area contributed by atoms with E-state index in [9.17, 15) is 9.59 Å². The molecule has 1 saturated heterocycles. The molecule has 2 rings (SSSR count). The fourth-order valence-corrected chi connectivity index (χ4v) is 2.95. The molecule has 1 aliphatic carbocycles. The zero-order chi connectivity index (χ0) is 10.9. The maximum absolute atomic E-state index is 11.3. The molecule has 0 aromatic carbocycles. The summed E-state index contributed by atoms with van der Waals surface area (Å²) in [7, 11) is 0. The molecule has 1 aliphatic heterocycles. The summed E-state index contributed by atoms with van der Waals surface area (Å²) in [5, 5.41) is 8.64.